The van der Waals surface area contributed by atoms with E-state index in [9.17, 15) is 4.79 Å². The van der Waals surface area contributed by atoms with Gasteiger partial charge in [0, 0.05) is 33.8 Å². The largest absolute Gasteiger partial charge is 0.465 e. The lowest BCUT2D eigenvalue weighted by molar-refractivity contribution is -0.116. The van der Waals surface area contributed by atoms with Crippen LogP contribution in [-0.4, -0.2) is 33.9 Å². The molecule has 5 nitrogen and oxygen atoms in total. The first-order valence-corrected chi connectivity index (χ1v) is 7.78. The Morgan fingerprint density at radius 1 is 1.08 bits per heavy atom. The van der Waals surface area contributed by atoms with Crippen molar-refractivity contribution >= 4 is 17.3 Å². The summed E-state index contributed by atoms with van der Waals surface area (Å²) in [6.07, 6.45) is 0. The minimum absolute atomic E-state index is 0.00677. The van der Waals surface area contributed by atoms with Crippen LogP contribution >= 0.6 is 0 Å². The first-order chi connectivity index (χ1) is 11.5. The highest BCUT2D eigenvalue weighted by Gasteiger charge is 2.14. The highest BCUT2D eigenvalue weighted by atomic mass is 16.7. The van der Waals surface area contributed by atoms with Crippen molar-refractivity contribution < 1.29 is 14.3 Å². The summed E-state index contributed by atoms with van der Waals surface area (Å²) in [5.41, 5.74) is 2.86. The smallest absolute Gasteiger partial charge is 0.224 e. The zero-order chi connectivity index (χ0) is 17.5. The molecule has 0 aromatic heterocycles. The fraction of sp³-hybridized carbons (Fsp3) is 0.316. The first kappa shape index (κ1) is 17.8. The number of nitrogens with zero attached hydrogens (tertiary/aromatic N) is 2. The van der Waals surface area contributed by atoms with Crippen LogP contribution in [0.2, 0.25) is 0 Å². The van der Waals surface area contributed by atoms with Gasteiger partial charge in [0.25, 0.3) is 0 Å². The van der Waals surface area contributed by atoms with Crippen molar-refractivity contribution in [1.82, 2.24) is 0 Å². The summed E-state index contributed by atoms with van der Waals surface area (Å²) in [7, 11) is 5.51. The number of hydrogen-bond acceptors (Lipinski definition) is 4. The van der Waals surface area contributed by atoms with Crippen molar-refractivity contribution in [2.45, 2.75) is 13.5 Å². The SMILES string of the molecule is COCOc1ccc(CN(C(C)=O)c2ccccc2)cc1N(C)C. The molecular formula is C19H24N2O3. The summed E-state index contributed by atoms with van der Waals surface area (Å²) in [5.74, 6) is 0.756. The molecule has 1 amide bonds. The van der Waals surface area contributed by atoms with Gasteiger partial charge in [-0.15, -0.1) is 0 Å². The number of carbonyl (C=O) groups excluding carboxylic acids is 1. The maximum Gasteiger partial charge on any atom is 0.224 e. The summed E-state index contributed by atoms with van der Waals surface area (Å²) < 4.78 is 10.6. The Morgan fingerprint density at radius 2 is 1.79 bits per heavy atom. The molecule has 0 spiro atoms. The van der Waals surface area contributed by atoms with Crippen LogP contribution in [0.3, 0.4) is 0 Å². The molecule has 0 aliphatic rings. The highest BCUT2D eigenvalue weighted by Crippen LogP contribution is 2.29. The molecule has 0 aliphatic heterocycles. The normalized spacial score (nSPS) is 10.3. The van der Waals surface area contributed by atoms with Gasteiger partial charge in [-0.05, 0) is 29.8 Å². The van der Waals surface area contributed by atoms with Gasteiger partial charge in [0.2, 0.25) is 5.91 Å². The Labute approximate surface area is 143 Å². The average molecular weight is 328 g/mol. The van der Waals surface area contributed by atoms with E-state index >= 15 is 0 Å². The quantitative estimate of drug-likeness (QED) is 0.732. The predicted octanol–water partition coefficient (Wildman–Crippen LogP) is 3.29. The lowest BCUT2D eigenvalue weighted by Crippen LogP contribution is -2.27. The van der Waals surface area contributed by atoms with Crippen LogP contribution in [0, 0.1) is 0 Å². The zero-order valence-corrected chi connectivity index (χ0v) is 14.7. The molecule has 0 unspecified atom stereocenters. The van der Waals surface area contributed by atoms with Gasteiger partial charge in [-0.2, -0.15) is 0 Å². The molecule has 0 saturated carbocycles. The molecule has 0 aliphatic carbocycles. The third kappa shape index (κ3) is 4.49. The molecule has 0 atom stereocenters. The van der Waals surface area contributed by atoms with E-state index in [-0.39, 0.29) is 12.7 Å². The van der Waals surface area contributed by atoms with Crippen molar-refractivity contribution in [1.29, 1.82) is 0 Å². The van der Waals surface area contributed by atoms with Crippen molar-refractivity contribution in [2.75, 3.05) is 37.8 Å². The van der Waals surface area contributed by atoms with Crippen molar-refractivity contribution in [2.24, 2.45) is 0 Å². The summed E-state index contributed by atoms with van der Waals surface area (Å²) in [5, 5.41) is 0. The molecule has 0 bridgehead atoms. The van der Waals surface area contributed by atoms with E-state index in [1.165, 1.54) is 0 Å². The number of amides is 1. The van der Waals surface area contributed by atoms with Gasteiger partial charge in [-0.1, -0.05) is 24.3 Å². The highest BCUT2D eigenvalue weighted by molar-refractivity contribution is 5.91. The van der Waals surface area contributed by atoms with Crippen LogP contribution in [0.4, 0.5) is 11.4 Å². The zero-order valence-electron chi connectivity index (χ0n) is 14.7. The number of para-hydroxylation sites is 1. The minimum atomic E-state index is 0.00677. The van der Waals surface area contributed by atoms with E-state index in [1.807, 2.05) is 67.5 Å². The van der Waals surface area contributed by atoms with Gasteiger partial charge in [-0.25, -0.2) is 0 Å². The number of ether oxygens (including phenoxy) is 2. The summed E-state index contributed by atoms with van der Waals surface area (Å²) >= 11 is 0. The molecule has 2 rings (SSSR count). The van der Waals surface area contributed by atoms with Crippen LogP contribution in [-0.2, 0) is 16.1 Å². The Kier molecular flexibility index (Phi) is 6.21. The third-order valence-corrected chi connectivity index (χ3v) is 3.63. The second-order valence-electron chi connectivity index (χ2n) is 5.69. The number of rotatable bonds is 7. The monoisotopic (exact) mass is 328 g/mol. The molecule has 0 N–H and O–H groups in total. The van der Waals surface area contributed by atoms with Gasteiger partial charge in [0.15, 0.2) is 6.79 Å². The van der Waals surface area contributed by atoms with Crippen LogP contribution in [0.1, 0.15) is 12.5 Å². The standard InChI is InChI=1S/C19H24N2O3/c1-15(22)21(17-8-6-5-7-9-17)13-16-10-11-19(24-14-23-4)18(12-16)20(2)3/h5-12H,13-14H2,1-4H3. The number of anilines is 2. The summed E-state index contributed by atoms with van der Waals surface area (Å²) in [6, 6.07) is 15.6. The Balaban J connectivity index is 2.27. The molecule has 2 aromatic carbocycles. The van der Waals surface area contributed by atoms with E-state index in [0.29, 0.717) is 6.54 Å². The van der Waals surface area contributed by atoms with E-state index in [4.69, 9.17) is 9.47 Å². The summed E-state index contributed by atoms with van der Waals surface area (Å²) in [6.45, 7) is 2.28. The van der Waals surface area contributed by atoms with Gasteiger partial charge in [0.1, 0.15) is 5.75 Å². The number of hydrogen-bond donors (Lipinski definition) is 0. The maximum atomic E-state index is 12.1. The molecule has 0 saturated heterocycles. The first-order valence-electron chi connectivity index (χ1n) is 7.78. The van der Waals surface area contributed by atoms with E-state index in [1.54, 1.807) is 18.9 Å². The van der Waals surface area contributed by atoms with E-state index in [0.717, 1.165) is 22.7 Å². The van der Waals surface area contributed by atoms with Crippen molar-refractivity contribution in [3.8, 4) is 5.75 Å². The number of benzene rings is 2. The van der Waals surface area contributed by atoms with Crippen LogP contribution in [0.25, 0.3) is 0 Å². The Bertz CT molecular complexity index is 672. The molecule has 0 fully saturated rings. The molecule has 0 heterocycles. The molecule has 2 aromatic rings. The number of carbonyl (C=O) groups is 1. The van der Waals surface area contributed by atoms with Crippen molar-refractivity contribution in [3.63, 3.8) is 0 Å². The van der Waals surface area contributed by atoms with Gasteiger partial charge in [-0.3, -0.25) is 4.79 Å². The Hall–Kier alpha value is -2.53. The van der Waals surface area contributed by atoms with Crippen LogP contribution in [0.5, 0.6) is 5.75 Å². The summed E-state index contributed by atoms with van der Waals surface area (Å²) in [4.78, 5) is 15.8. The van der Waals surface area contributed by atoms with Gasteiger partial charge in [0.05, 0.1) is 12.2 Å². The minimum Gasteiger partial charge on any atom is -0.465 e. The molecular weight excluding hydrogens is 304 g/mol. The number of methoxy groups -OCH3 is 1. The second kappa shape index (κ2) is 8.36. The van der Waals surface area contributed by atoms with Gasteiger partial charge >= 0.3 is 0 Å². The molecule has 0 radical (unpaired) electrons. The topological polar surface area (TPSA) is 42.0 Å². The molecule has 24 heavy (non-hydrogen) atoms. The molecule has 5 heteroatoms. The lowest BCUT2D eigenvalue weighted by Gasteiger charge is -2.23. The average Bonchev–Trinajstić information content (AvgIpc) is 2.58. The third-order valence-electron chi connectivity index (χ3n) is 3.63. The Morgan fingerprint density at radius 3 is 2.38 bits per heavy atom. The predicted molar refractivity (Wildman–Crippen MR) is 96.6 cm³/mol. The lowest BCUT2D eigenvalue weighted by atomic mass is 10.1. The second-order valence-corrected chi connectivity index (χ2v) is 5.69. The van der Waals surface area contributed by atoms with Gasteiger partial charge < -0.3 is 19.3 Å². The fourth-order valence-corrected chi connectivity index (χ4v) is 2.43. The molecule has 128 valence electrons. The van der Waals surface area contributed by atoms with Crippen molar-refractivity contribution in [3.05, 3.63) is 54.1 Å². The van der Waals surface area contributed by atoms with Crippen LogP contribution < -0.4 is 14.5 Å². The van der Waals surface area contributed by atoms with E-state index < -0.39 is 0 Å². The fourth-order valence-electron chi connectivity index (χ4n) is 2.43. The van der Waals surface area contributed by atoms with Crippen LogP contribution in [0.15, 0.2) is 48.5 Å². The maximum absolute atomic E-state index is 12.1. The van der Waals surface area contributed by atoms with E-state index in [2.05, 4.69) is 0 Å².